The van der Waals surface area contributed by atoms with Crippen molar-refractivity contribution in [3.05, 3.63) is 12.2 Å². The summed E-state index contributed by atoms with van der Waals surface area (Å²) in [6.45, 7) is 4.32. The molecule has 0 spiro atoms. The quantitative estimate of drug-likeness (QED) is 0.424. The lowest BCUT2D eigenvalue weighted by Crippen LogP contribution is -2.10. The van der Waals surface area contributed by atoms with Crippen LogP contribution in [0.1, 0.15) is 6.92 Å². The molecule has 0 fully saturated rings. The van der Waals surface area contributed by atoms with Crippen LogP contribution in [0.5, 0.6) is 0 Å². The lowest BCUT2D eigenvalue weighted by molar-refractivity contribution is -0.143. The second kappa shape index (κ2) is 7.74. The molecule has 0 heterocycles. The number of carbonyl (C=O) groups excluding carboxylic acids is 2. The van der Waals surface area contributed by atoms with Crippen LogP contribution in [0.2, 0.25) is 0 Å². The summed E-state index contributed by atoms with van der Waals surface area (Å²) in [4.78, 5) is 19.5. The van der Waals surface area contributed by atoms with E-state index in [-0.39, 0.29) is 0 Å². The second-order valence-corrected chi connectivity index (χ2v) is 1.88. The van der Waals surface area contributed by atoms with Crippen LogP contribution in [0.15, 0.2) is 12.2 Å². The topological polar surface area (TPSA) is 89.6 Å². The molecule has 70 valence electrons. The molecule has 5 nitrogen and oxygen atoms in total. The number of primary amides is 1. The standard InChI is InChI=1S/C4H7NO.C3H6O3/c1-3(2)4(5)6;1-6-3(5)2-4/h1H2,2H3,(H2,5,6);4H,2H2,1H3. The van der Waals surface area contributed by atoms with Crippen molar-refractivity contribution in [2.75, 3.05) is 13.7 Å². The van der Waals surface area contributed by atoms with Gasteiger partial charge in [0.25, 0.3) is 0 Å². The third kappa shape index (κ3) is 11.4. The van der Waals surface area contributed by atoms with Gasteiger partial charge in [-0.25, -0.2) is 4.79 Å². The van der Waals surface area contributed by atoms with Gasteiger partial charge in [-0.1, -0.05) is 6.58 Å². The van der Waals surface area contributed by atoms with E-state index in [1.807, 2.05) is 0 Å². The van der Waals surface area contributed by atoms with E-state index < -0.39 is 18.5 Å². The molecule has 0 aliphatic rings. The predicted octanol–water partition coefficient (Wildman–Crippen LogP) is -0.801. The molecular weight excluding hydrogens is 162 g/mol. The summed E-state index contributed by atoms with van der Waals surface area (Å²) in [6, 6.07) is 0. The predicted molar refractivity (Wildman–Crippen MR) is 43.1 cm³/mol. The molecule has 0 unspecified atom stereocenters. The number of hydrogen-bond donors (Lipinski definition) is 2. The fraction of sp³-hybridized carbons (Fsp3) is 0.429. The van der Waals surface area contributed by atoms with Crippen molar-refractivity contribution in [1.82, 2.24) is 0 Å². The highest BCUT2D eigenvalue weighted by Crippen LogP contribution is 1.78. The molecule has 0 saturated carbocycles. The minimum absolute atomic E-state index is 0.398. The van der Waals surface area contributed by atoms with Crippen LogP contribution in [-0.4, -0.2) is 30.7 Å². The lowest BCUT2D eigenvalue weighted by Gasteiger charge is -1.86. The summed E-state index contributed by atoms with van der Waals surface area (Å²) in [5.74, 6) is -1.04. The fourth-order valence-corrected chi connectivity index (χ4v) is 0.0645. The number of esters is 1. The van der Waals surface area contributed by atoms with Crippen molar-refractivity contribution in [2.45, 2.75) is 6.92 Å². The summed E-state index contributed by atoms with van der Waals surface area (Å²) in [6.07, 6.45) is 0. The van der Waals surface area contributed by atoms with Gasteiger partial charge in [-0.3, -0.25) is 4.79 Å². The monoisotopic (exact) mass is 175 g/mol. The Bertz CT molecular complexity index is 158. The average Bonchev–Trinajstić information content (AvgIpc) is 2.04. The van der Waals surface area contributed by atoms with Gasteiger partial charge in [0.1, 0.15) is 6.61 Å². The molecule has 5 heteroatoms. The van der Waals surface area contributed by atoms with Crippen molar-refractivity contribution in [2.24, 2.45) is 5.73 Å². The molecule has 0 aliphatic heterocycles. The van der Waals surface area contributed by atoms with E-state index in [2.05, 4.69) is 11.3 Å². The zero-order chi connectivity index (χ0) is 10.1. The third-order valence-corrected chi connectivity index (χ3v) is 0.777. The van der Waals surface area contributed by atoms with Gasteiger partial charge in [0.15, 0.2) is 0 Å². The van der Waals surface area contributed by atoms with Crippen molar-refractivity contribution in [3.63, 3.8) is 0 Å². The minimum Gasteiger partial charge on any atom is -0.467 e. The van der Waals surface area contributed by atoms with Crippen molar-refractivity contribution in [1.29, 1.82) is 0 Å². The van der Waals surface area contributed by atoms with E-state index in [0.29, 0.717) is 5.57 Å². The molecule has 0 aromatic rings. The van der Waals surface area contributed by atoms with Crippen LogP contribution in [0.4, 0.5) is 0 Å². The molecule has 0 radical (unpaired) electrons. The number of ether oxygens (including phenoxy) is 1. The number of aliphatic hydroxyl groups excluding tert-OH is 1. The molecule has 0 rings (SSSR count). The average molecular weight is 175 g/mol. The van der Waals surface area contributed by atoms with E-state index >= 15 is 0 Å². The van der Waals surface area contributed by atoms with E-state index in [1.165, 1.54) is 7.11 Å². The van der Waals surface area contributed by atoms with Crippen molar-refractivity contribution >= 4 is 11.9 Å². The Kier molecular flexibility index (Phi) is 8.55. The number of amides is 1. The fourth-order valence-electron chi connectivity index (χ4n) is 0.0645. The molecule has 0 aromatic heterocycles. The van der Waals surface area contributed by atoms with Crippen LogP contribution >= 0.6 is 0 Å². The van der Waals surface area contributed by atoms with Gasteiger partial charge in [0.05, 0.1) is 7.11 Å². The first-order valence-electron chi connectivity index (χ1n) is 3.08. The van der Waals surface area contributed by atoms with Crippen LogP contribution < -0.4 is 5.73 Å². The minimum atomic E-state index is -0.602. The van der Waals surface area contributed by atoms with Gasteiger partial charge < -0.3 is 15.6 Å². The summed E-state index contributed by atoms with van der Waals surface area (Å²) < 4.78 is 4.01. The maximum atomic E-state index is 9.82. The van der Waals surface area contributed by atoms with Gasteiger partial charge >= 0.3 is 5.97 Å². The number of aliphatic hydroxyl groups is 1. The zero-order valence-electron chi connectivity index (χ0n) is 7.16. The SMILES string of the molecule is C=C(C)C(N)=O.COC(=O)CO. The first-order valence-corrected chi connectivity index (χ1v) is 3.08. The molecular formula is C7H13NO4. The molecule has 3 N–H and O–H groups in total. The maximum Gasteiger partial charge on any atom is 0.331 e. The van der Waals surface area contributed by atoms with Gasteiger partial charge in [-0.15, -0.1) is 0 Å². The smallest absolute Gasteiger partial charge is 0.331 e. The van der Waals surface area contributed by atoms with Crippen molar-refractivity contribution < 1.29 is 19.4 Å². The number of hydrogen-bond acceptors (Lipinski definition) is 4. The molecule has 0 aliphatic carbocycles. The van der Waals surface area contributed by atoms with Crippen molar-refractivity contribution in [3.8, 4) is 0 Å². The Balaban J connectivity index is 0. The molecule has 0 atom stereocenters. The maximum absolute atomic E-state index is 9.82. The highest BCUT2D eigenvalue weighted by molar-refractivity contribution is 5.90. The van der Waals surface area contributed by atoms with E-state index in [9.17, 15) is 9.59 Å². The second-order valence-electron chi connectivity index (χ2n) is 1.88. The van der Waals surface area contributed by atoms with Crippen LogP contribution in [0.3, 0.4) is 0 Å². The number of rotatable bonds is 2. The van der Waals surface area contributed by atoms with Crippen LogP contribution in [0.25, 0.3) is 0 Å². The molecule has 0 aromatic carbocycles. The first-order chi connectivity index (χ1) is 5.45. The van der Waals surface area contributed by atoms with E-state index in [1.54, 1.807) is 6.92 Å². The zero-order valence-corrected chi connectivity index (χ0v) is 7.16. The first kappa shape index (κ1) is 13.2. The number of nitrogens with two attached hydrogens (primary N) is 1. The lowest BCUT2D eigenvalue weighted by atomic mass is 10.3. The van der Waals surface area contributed by atoms with E-state index in [0.717, 1.165) is 0 Å². The number of methoxy groups -OCH3 is 1. The normalized spacial score (nSPS) is 7.58. The molecule has 0 bridgehead atoms. The summed E-state index contributed by atoms with van der Waals surface area (Å²) in [5.41, 5.74) is 5.09. The van der Waals surface area contributed by atoms with E-state index in [4.69, 9.17) is 10.8 Å². The highest BCUT2D eigenvalue weighted by Gasteiger charge is 1.89. The van der Waals surface area contributed by atoms with Gasteiger partial charge in [0.2, 0.25) is 5.91 Å². The molecule has 0 saturated heterocycles. The summed E-state index contributed by atoms with van der Waals surface area (Å²) in [7, 11) is 1.22. The summed E-state index contributed by atoms with van der Waals surface area (Å²) >= 11 is 0. The molecule has 1 amide bonds. The summed E-state index contributed by atoms with van der Waals surface area (Å²) in [5, 5.41) is 7.86. The third-order valence-electron chi connectivity index (χ3n) is 0.777. The van der Waals surface area contributed by atoms with Gasteiger partial charge in [-0.05, 0) is 6.92 Å². The Morgan fingerprint density at radius 2 is 1.92 bits per heavy atom. The Labute approximate surface area is 70.8 Å². The number of carbonyl (C=O) groups is 2. The largest absolute Gasteiger partial charge is 0.467 e. The van der Waals surface area contributed by atoms with Gasteiger partial charge in [-0.2, -0.15) is 0 Å². The highest BCUT2D eigenvalue weighted by atomic mass is 16.5. The Morgan fingerprint density at radius 3 is 1.92 bits per heavy atom. The van der Waals surface area contributed by atoms with Gasteiger partial charge in [0, 0.05) is 5.57 Å². The molecule has 12 heavy (non-hydrogen) atoms. The van der Waals surface area contributed by atoms with Crippen LogP contribution in [-0.2, 0) is 14.3 Å². The van der Waals surface area contributed by atoms with Crippen LogP contribution in [0, 0.1) is 0 Å². The Hall–Kier alpha value is -1.36. The Morgan fingerprint density at radius 1 is 1.58 bits per heavy atom.